The molecule has 3 heterocycles. The Morgan fingerprint density at radius 1 is 0.870 bits per heavy atom. The van der Waals surface area contributed by atoms with Gasteiger partial charge in [-0.15, -0.1) is 0 Å². The number of rotatable bonds is 7. The smallest absolute Gasteiger partial charge is 0.312 e. The third kappa shape index (κ3) is 4.95. The molecule has 1 atom stereocenters. The molecule has 0 bridgehead atoms. The van der Waals surface area contributed by atoms with E-state index in [-0.39, 0.29) is 34.5 Å². The van der Waals surface area contributed by atoms with Gasteiger partial charge in [0.25, 0.3) is 0 Å². The van der Waals surface area contributed by atoms with Crippen molar-refractivity contribution in [1.82, 2.24) is 0 Å². The Bertz CT molecular complexity index is 2100. The van der Waals surface area contributed by atoms with Crippen molar-refractivity contribution in [3.63, 3.8) is 0 Å². The first-order chi connectivity index (χ1) is 22.2. The third-order valence-electron chi connectivity index (χ3n) is 8.30. The van der Waals surface area contributed by atoms with Crippen LogP contribution in [0, 0.1) is 0 Å². The van der Waals surface area contributed by atoms with Crippen molar-refractivity contribution in [3.05, 3.63) is 93.1 Å². The predicted molar refractivity (Wildman–Crippen MR) is 165 cm³/mol. The van der Waals surface area contributed by atoms with E-state index in [1.54, 1.807) is 18.2 Å². The van der Waals surface area contributed by atoms with Crippen LogP contribution in [0.25, 0.3) is 22.3 Å². The molecule has 5 aromatic rings. The topological polar surface area (TPSA) is 165 Å². The molecule has 0 saturated carbocycles. The fourth-order valence-corrected chi connectivity index (χ4v) is 6.02. The summed E-state index contributed by atoms with van der Waals surface area (Å²) in [5.74, 6) is -2.06. The van der Waals surface area contributed by atoms with Gasteiger partial charge >= 0.3 is 5.97 Å². The van der Waals surface area contributed by atoms with E-state index in [2.05, 4.69) is 6.07 Å². The molecule has 0 saturated heterocycles. The maximum atomic E-state index is 13.4. The van der Waals surface area contributed by atoms with Crippen molar-refractivity contribution in [2.24, 2.45) is 0 Å². The number of methoxy groups -OCH3 is 1. The summed E-state index contributed by atoms with van der Waals surface area (Å²) in [7, 11) is 1.52. The SMILES string of the molecule is COc1ccc([C@H]2CC(=O)Oc3cc(O)c4c(=O)c(O)c(-c5ccc(O)c(O)c5)oc4c32)cc1OCCc1ccc2c(c1)CCO2. The van der Waals surface area contributed by atoms with Crippen LogP contribution in [0.3, 0.4) is 0 Å². The Labute approximate surface area is 261 Å². The van der Waals surface area contributed by atoms with Crippen LogP contribution in [0.4, 0.5) is 0 Å². The van der Waals surface area contributed by atoms with Crippen molar-refractivity contribution >= 4 is 16.9 Å². The highest BCUT2D eigenvalue weighted by atomic mass is 16.5. The molecule has 4 aromatic carbocycles. The maximum absolute atomic E-state index is 13.4. The molecule has 0 spiro atoms. The zero-order valence-electron chi connectivity index (χ0n) is 24.5. The molecule has 4 N–H and O–H groups in total. The lowest BCUT2D eigenvalue weighted by molar-refractivity contribution is -0.135. The first kappa shape index (κ1) is 28.9. The second-order valence-corrected chi connectivity index (χ2v) is 11.1. The van der Waals surface area contributed by atoms with Gasteiger partial charge in [0.15, 0.2) is 28.8 Å². The first-order valence-electron chi connectivity index (χ1n) is 14.6. The molecule has 0 fully saturated rings. The standard InChI is InChI=1S/C35H28O11/c1-42-26-7-4-18(14-27(26)44-10-8-17-2-6-25-19(12-17)9-11-43-25)21-15-29(39)45-28-16-24(38)31-32(40)33(41)34(46-35(31)30(21)28)20-3-5-22(36)23(37)13-20/h2-7,12-14,16,21,36-38,41H,8-11,15H2,1H3/t21-/m1/s1. The van der Waals surface area contributed by atoms with E-state index >= 15 is 0 Å². The number of benzene rings is 4. The van der Waals surface area contributed by atoms with Crippen LogP contribution in [0.1, 0.15) is 34.6 Å². The van der Waals surface area contributed by atoms with Gasteiger partial charge in [0.2, 0.25) is 11.2 Å². The highest BCUT2D eigenvalue weighted by Gasteiger charge is 2.35. The summed E-state index contributed by atoms with van der Waals surface area (Å²) in [6.45, 7) is 1.02. The molecule has 0 unspecified atom stereocenters. The number of phenolic OH excluding ortho intramolecular Hbond substituents is 3. The molecule has 11 heteroatoms. The number of fused-ring (bicyclic) bond motifs is 4. The Morgan fingerprint density at radius 3 is 2.52 bits per heavy atom. The number of carbonyl (C=O) groups excluding carboxylic acids is 1. The van der Waals surface area contributed by atoms with Crippen LogP contribution in [-0.4, -0.2) is 46.7 Å². The summed E-state index contributed by atoms with van der Waals surface area (Å²) in [6, 6.07) is 16.1. The van der Waals surface area contributed by atoms with E-state index in [0.717, 1.165) is 29.9 Å². The Morgan fingerprint density at radius 2 is 1.72 bits per heavy atom. The van der Waals surface area contributed by atoms with Crippen LogP contribution in [0.2, 0.25) is 0 Å². The third-order valence-corrected chi connectivity index (χ3v) is 8.30. The van der Waals surface area contributed by atoms with Crippen molar-refractivity contribution in [2.45, 2.75) is 25.2 Å². The van der Waals surface area contributed by atoms with Crippen molar-refractivity contribution in [2.75, 3.05) is 20.3 Å². The molecular weight excluding hydrogens is 596 g/mol. The average molecular weight is 625 g/mol. The summed E-state index contributed by atoms with van der Waals surface area (Å²) in [5.41, 5.74) is 2.23. The fraction of sp³-hybridized carbons (Fsp3) is 0.200. The fourth-order valence-electron chi connectivity index (χ4n) is 6.02. The van der Waals surface area contributed by atoms with E-state index in [1.165, 1.54) is 24.8 Å². The van der Waals surface area contributed by atoms with E-state index in [1.807, 2.05) is 12.1 Å². The number of carbonyl (C=O) groups is 1. The number of esters is 1. The Kier molecular flexibility index (Phi) is 7.08. The maximum Gasteiger partial charge on any atom is 0.312 e. The zero-order chi connectivity index (χ0) is 32.1. The lowest BCUT2D eigenvalue weighted by Crippen LogP contribution is -2.22. The zero-order valence-corrected chi connectivity index (χ0v) is 24.5. The van der Waals surface area contributed by atoms with Crippen molar-refractivity contribution < 1.29 is 48.6 Å². The van der Waals surface area contributed by atoms with E-state index < -0.39 is 40.3 Å². The molecule has 0 aliphatic carbocycles. The molecule has 234 valence electrons. The van der Waals surface area contributed by atoms with Crippen molar-refractivity contribution in [3.8, 4) is 57.3 Å². The quantitative estimate of drug-likeness (QED) is 0.106. The van der Waals surface area contributed by atoms with Gasteiger partial charge in [-0.25, -0.2) is 0 Å². The van der Waals surface area contributed by atoms with E-state index in [0.29, 0.717) is 42.3 Å². The van der Waals surface area contributed by atoms with Crippen LogP contribution >= 0.6 is 0 Å². The molecule has 46 heavy (non-hydrogen) atoms. The number of aromatic hydroxyl groups is 4. The summed E-state index contributed by atoms with van der Waals surface area (Å²) in [6.07, 6.45) is 1.37. The summed E-state index contributed by atoms with van der Waals surface area (Å²) in [5, 5.41) is 41.1. The lowest BCUT2D eigenvalue weighted by atomic mass is 9.85. The number of ether oxygens (including phenoxy) is 4. The highest BCUT2D eigenvalue weighted by molar-refractivity contribution is 5.94. The van der Waals surface area contributed by atoms with Gasteiger partial charge < -0.3 is 43.8 Å². The van der Waals surface area contributed by atoms with E-state index in [9.17, 15) is 30.0 Å². The Hall–Kier alpha value is -5.84. The number of phenols is 3. The van der Waals surface area contributed by atoms with Gasteiger partial charge in [0.1, 0.15) is 28.2 Å². The highest BCUT2D eigenvalue weighted by Crippen LogP contribution is 2.48. The monoisotopic (exact) mass is 624 g/mol. The largest absolute Gasteiger partial charge is 0.507 e. The summed E-state index contributed by atoms with van der Waals surface area (Å²) in [4.78, 5) is 26.2. The molecular formula is C35H28O11. The Balaban J connectivity index is 1.30. The van der Waals surface area contributed by atoms with Gasteiger partial charge in [-0.05, 0) is 53.1 Å². The van der Waals surface area contributed by atoms with Crippen molar-refractivity contribution in [1.29, 1.82) is 0 Å². The molecule has 7 rings (SSSR count). The number of hydrogen-bond donors (Lipinski definition) is 4. The molecule has 1 aromatic heterocycles. The molecule has 2 aliphatic rings. The lowest BCUT2D eigenvalue weighted by Gasteiger charge is -2.26. The first-order valence-corrected chi connectivity index (χ1v) is 14.6. The van der Waals surface area contributed by atoms with Gasteiger partial charge in [-0.3, -0.25) is 9.59 Å². The average Bonchev–Trinajstić information content (AvgIpc) is 3.51. The molecule has 0 radical (unpaired) electrons. The van der Waals surface area contributed by atoms with Gasteiger partial charge in [-0.1, -0.05) is 18.2 Å². The second-order valence-electron chi connectivity index (χ2n) is 11.1. The molecule has 0 amide bonds. The minimum absolute atomic E-state index is 0.0153. The van der Waals surface area contributed by atoms with Crippen LogP contribution < -0.4 is 24.4 Å². The normalized spacial score (nSPS) is 15.2. The van der Waals surface area contributed by atoms with Gasteiger partial charge in [0, 0.05) is 36.0 Å². The summed E-state index contributed by atoms with van der Waals surface area (Å²) >= 11 is 0. The minimum atomic E-state index is -0.934. The van der Waals surface area contributed by atoms with Gasteiger partial charge in [0.05, 0.1) is 26.7 Å². The summed E-state index contributed by atoms with van der Waals surface area (Å²) < 4.78 is 28.9. The van der Waals surface area contributed by atoms with Crippen LogP contribution in [0.5, 0.6) is 46.0 Å². The van der Waals surface area contributed by atoms with E-state index in [4.69, 9.17) is 23.4 Å². The molecule has 2 aliphatic heterocycles. The number of hydrogen-bond acceptors (Lipinski definition) is 11. The molecule has 11 nitrogen and oxygen atoms in total. The van der Waals surface area contributed by atoms with Crippen LogP contribution in [0.15, 0.2) is 69.9 Å². The second kappa shape index (κ2) is 11.3. The van der Waals surface area contributed by atoms with Crippen LogP contribution in [-0.2, 0) is 17.6 Å². The van der Waals surface area contributed by atoms with Gasteiger partial charge in [-0.2, -0.15) is 0 Å². The predicted octanol–water partition coefficient (Wildman–Crippen LogP) is 5.29. The minimum Gasteiger partial charge on any atom is -0.507 e.